The summed E-state index contributed by atoms with van der Waals surface area (Å²) in [5.41, 5.74) is 6.12. The van der Waals surface area contributed by atoms with E-state index in [1.807, 2.05) is 6.92 Å². The molecular formula is C32H33N2O2+. The van der Waals surface area contributed by atoms with Gasteiger partial charge in [0.15, 0.2) is 12.0 Å². The summed E-state index contributed by atoms with van der Waals surface area (Å²) in [7, 11) is 0. The predicted molar refractivity (Wildman–Crippen MR) is 149 cm³/mol. The SMILES string of the molecule is CCOCC(=O)CCC[n+]1ccc(C=Cc2ccc3c(c2)c2ccccc2n3CC)c2ccccc21. The van der Waals surface area contributed by atoms with Crippen molar-refractivity contribution < 1.29 is 14.1 Å². The molecule has 0 saturated carbocycles. The molecule has 4 nitrogen and oxygen atoms in total. The van der Waals surface area contributed by atoms with Crippen LogP contribution < -0.4 is 4.57 Å². The van der Waals surface area contributed by atoms with Gasteiger partial charge in [-0.05, 0) is 49.2 Å². The van der Waals surface area contributed by atoms with Crippen LogP contribution in [-0.4, -0.2) is 23.6 Å². The Bertz CT molecular complexity index is 1560. The Kier molecular flexibility index (Phi) is 7.24. The van der Waals surface area contributed by atoms with Crippen molar-refractivity contribution in [1.82, 2.24) is 4.57 Å². The van der Waals surface area contributed by atoms with Gasteiger partial charge in [0, 0.05) is 59.9 Å². The van der Waals surface area contributed by atoms with Gasteiger partial charge in [0.2, 0.25) is 5.52 Å². The molecule has 5 rings (SSSR count). The van der Waals surface area contributed by atoms with E-state index in [1.165, 1.54) is 43.8 Å². The van der Waals surface area contributed by atoms with Crippen molar-refractivity contribution in [2.75, 3.05) is 13.2 Å². The number of hydrogen-bond acceptors (Lipinski definition) is 2. The molecule has 182 valence electrons. The zero-order valence-electron chi connectivity index (χ0n) is 21.1. The maximum atomic E-state index is 12.0. The Morgan fingerprint density at radius 3 is 2.50 bits per heavy atom. The van der Waals surface area contributed by atoms with Gasteiger partial charge < -0.3 is 9.30 Å². The third kappa shape index (κ3) is 4.82. The summed E-state index contributed by atoms with van der Waals surface area (Å²) < 4.78 is 9.86. The zero-order valence-corrected chi connectivity index (χ0v) is 21.1. The van der Waals surface area contributed by atoms with Gasteiger partial charge in [0.1, 0.15) is 13.2 Å². The van der Waals surface area contributed by atoms with Crippen LogP contribution in [0.5, 0.6) is 0 Å². The van der Waals surface area contributed by atoms with Crippen molar-refractivity contribution in [2.24, 2.45) is 0 Å². The minimum atomic E-state index is 0.167. The first-order valence-electron chi connectivity index (χ1n) is 12.9. The number of ether oxygens (including phenoxy) is 1. The van der Waals surface area contributed by atoms with Gasteiger partial charge in [0.25, 0.3) is 0 Å². The highest BCUT2D eigenvalue weighted by molar-refractivity contribution is 6.08. The molecule has 0 aliphatic carbocycles. The molecular weight excluding hydrogens is 444 g/mol. The summed E-state index contributed by atoms with van der Waals surface area (Å²) in [6.45, 7) is 6.67. The summed E-state index contributed by atoms with van der Waals surface area (Å²) in [4.78, 5) is 12.0. The van der Waals surface area contributed by atoms with Crippen molar-refractivity contribution >= 4 is 50.6 Å². The van der Waals surface area contributed by atoms with Crippen LogP contribution in [0.1, 0.15) is 37.8 Å². The van der Waals surface area contributed by atoms with Crippen LogP contribution in [0.25, 0.3) is 44.9 Å². The summed E-state index contributed by atoms with van der Waals surface area (Å²) in [5.74, 6) is 0.167. The first-order valence-corrected chi connectivity index (χ1v) is 12.9. The normalized spacial score (nSPS) is 11.8. The van der Waals surface area contributed by atoms with E-state index >= 15 is 0 Å². The van der Waals surface area contributed by atoms with Crippen LogP contribution in [-0.2, 0) is 22.6 Å². The van der Waals surface area contributed by atoms with E-state index in [9.17, 15) is 4.79 Å². The van der Waals surface area contributed by atoms with Gasteiger partial charge in [0.05, 0.1) is 5.39 Å². The predicted octanol–water partition coefficient (Wildman–Crippen LogP) is 6.81. The van der Waals surface area contributed by atoms with E-state index < -0.39 is 0 Å². The van der Waals surface area contributed by atoms with Crippen molar-refractivity contribution in [3.05, 3.63) is 90.1 Å². The molecule has 2 heterocycles. The molecule has 2 aromatic heterocycles. The molecule has 0 spiro atoms. The van der Waals surface area contributed by atoms with Crippen LogP contribution in [0.3, 0.4) is 0 Å². The number of ketones is 1. The highest BCUT2D eigenvalue weighted by atomic mass is 16.5. The third-order valence-electron chi connectivity index (χ3n) is 6.85. The lowest BCUT2D eigenvalue weighted by Gasteiger charge is -2.05. The molecule has 0 amide bonds. The van der Waals surface area contributed by atoms with E-state index in [4.69, 9.17) is 4.74 Å². The minimum absolute atomic E-state index is 0.167. The Labute approximate surface area is 212 Å². The number of aryl methyl sites for hydroxylation is 2. The van der Waals surface area contributed by atoms with E-state index in [-0.39, 0.29) is 12.4 Å². The van der Waals surface area contributed by atoms with E-state index in [1.54, 1.807) is 0 Å². The maximum absolute atomic E-state index is 12.0. The number of Topliss-reactive ketones (excluding diaryl/α,β-unsaturated/α-hetero) is 1. The fourth-order valence-corrected chi connectivity index (χ4v) is 5.09. The monoisotopic (exact) mass is 477 g/mol. The standard InChI is InChI=1S/C32H33N2O2/c1-3-34-31-14-8-6-12-28(31)29-22-24(16-18-32(29)34)15-17-25-19-21-33(30-13-7-5-11-27(25)30)20-9-10-26(35)23-36-4-2/h5-8,11-19,21-22H,3-4,9-10,20,23H2,1-2H3/q+1. The van der Waals surface area contributed by atoms with Gasteiger partial charge in [-0.2, -0.15) is 4.57 Å². The fourth-order valence-electron chi connectivity index (χ4n) is 5.09. The number of rotatable bonds is 10. The molecule has 0 aliphatic heterocycles. The molecule has 0 atom stereocenters. The number of hydrogen-bond donors (Lipinski definition) is 0. The van der Waals surface area contributed by atoms with Crippen LogP contribution in [0.4, 0.5) is 0 Å². The molecule has 4 heteroatoms. The lowest BCUT2D eigenvalue weighted by molar-refractivity contribution is -0.671. The Morgan fingerprint density at radius 2 is 1.67 bits per heavy atom. The summed E-state index contributed by atoms with van der Waals surface area (Å²) in [6, 6.07) is 26.0. The fraction of sp³-hybridized carbons (Fsp3) is 0.250. The lowest BCUT2D eigenvalue weighted by Crippen LogP contribution is -2.34. The molecule has 0 fully saturated rings. The average Bonchev–Trinajstić information content (AvgIpc) is 3.24. The second-order valence-corrected chi connectivity index (χ2v) is 9.13. The molecule has 3 aromatic carbocycles. The molecule has 0 unspecified atom stereocenters. The number of para-hydroxylation sites is 2. The quantitative estimate of drug-likeness (QED) is 0.207. The topological polar surface area (TPSA) is 35.1 Å². The highest BCUT2D eigenvalue weighted by Crippen LogP contribution is 2.30. The number of nitrogens with zero attached hydrogens (tertiary/aromatic N) is 2. The van der Waals surface area contributed by atoms with Gasteiger partial charge in [-0.15, -0.1) is 0 Å². The maximum Gasteiger partial charge on any atom is 0.213 e. The number of pyridine rings is 1. The Morgan fingerprint density at radius 1 is 0.889 bits per heavy atom. The van der Waals surface area contributed by atoms with E-state index in [0.717, 1.165) is 19.5 Å². The number of carbonyl (C=O) groups excluding carboxylic acids is 1. The highest BCUT2D eigenvalue weighted by Gasteiger charge is 2.13. The van der Waals surface area contributed by atoms with Crippen molar-refractivity contribution in [2.45, 2.75) is 39.8 Å². The molecule has 0 radical (unpaired) electrons. The van der Waals surface area contributed by atoms with E-state index in [2.05, 4.69) is 107 Å². The number of aromatic nitrogens is 2. The lowest BCUT2D eigenvalue weighted by atomic mass is 10.1. The van der Waals surface area contributed by atoms with Crippen LogP contribution in [0.15, 0.2) is 79.0 Å². The molecule has 0 bridgehead atoms. The van der Waals surface area contributed by atoms with Gasteiger partial charge in [-0.3, -0.25) is 4.79 Å². The summed E-state index contributed by atoms with van der Waals surface area (Å²) in [6.07, 6.45) is 7.89. The van der Waals surface area contributed by atoms with E-state index in [0.29, 0.717) is 13.0 Å². The van der Waals surface area contributed by atoms with Crippen LogP contribution in [0, 0.1) is 0 Å². The molecule has 0 N–H and O–H groups in total. The molecule has 5 aromatic rings. The number of carbonyl (C=O) groups is 1. The van der Waals surface area contributed by atoms with Crippen LogP contribution in [0.2, 0.25) is 0 Å². The van der Waals surface area contributed by atoms with Crippen molar-refractivity contribution in [1.29, 1.82) is 0 Å². The van der Waals surface area contributed by atoms with Gasteiger partial charge >= 0.3 is 0 Å². The minimum Gasteiger partial charge on any atom is -0.374 e. The van der Waals surface area contributed by atoms with Gasteiger partial charge in [-0.25, -0.2) is 0 Å². The molecule has 0 aliphatic rings. The third-order valence-corrected chi connectivity index (χ3v) is 6.85. The first-order chi connectivity index (χ1) is 17.7. The van der Waals surface area contributed by atoms with Crippen molar-refractivity contribution in [3.63, 3.8) is 0 Å². The first kappa shape index (κ1) is 24.0. The number of benzene rings is 3. The van der Waals surface area contributed by atoms with Crippen molar-refractivity contribution in [3.8, 4) is 0 Å². The second kappa shape index (κ2) is 10.9. The Hall–Kier alpha value is -3.76. The summed E-state index contributed by atoms with van der Waals surface area (Å²) in [5, 5.41) is 3.81. The zero-order chi connectivity index (χ0) is 24.9. The second-order valence-electron chi connectivity index (χ2n) is 9.13. The molecule has 0 saturated heterocycles. The molecule has 36 heavy (non-hydrogen) atoms. The largest absolute Gasteiger partial charge is 0.374 e. The number of fused-ring (bicyclic) bond motifs is 4. The smallest absolute Gasteiger partial charge is 0.213 e. The van der Waals surface area contributed by atoms with Gasteiger partial charge in [-0.1, -0.05) is 48.6 Å². The van der Waals surface area contributed by atoms with Crippen LogP contribution >= 0.6 is 0 Å². The average molecular weight is 478 g/mol. The Balaban J connectivity index is 1.41. The summed E-state index contributed by atoms with van der Waals surface area (Å²) >= 11 is 0.